The summed E-state index contributed by atoms with van der Waals surface area (Å²) in [6, 6.07) is 2.21. The number of ether oxygens (including phenoxy) is 2. The first-order chi connectivity index (χ1) is 17.9. The molecule has 0 aromatic rings. The standard InChI is InChI=1S/C32H41NO6/c1-26(2)14-17-22-18(34)13-20-28(5,29(22,6)11-12-31(17,15-21(26)35)25(37)38-8)10-9-19-27(3,4)23(36)32(16-33)24(39-32)30(19,20)7/h13,17,19,22,24H,9-12,14-15H2,1-8H3/t17-,19-,22-,24+,28+,29+,30-,31+,32-/m0/s1. The summed E-state index contributed by atoms with van der Waals surface area (Å²) in [5.41, 5.74) is -4.31. The molecular weight excluding hydrogens is 494 g/mol. The molecule has 9 atom stereocenters. The molecule has 1 aliphatic heterocycles. The van der Waals surface area contributed by atoms with Crippen LogP contribution in [0.1, 0.15) is 87.0 Å². The minimum Gasteiger partial charge on any atom is -0.469 e. The minimum absolute atomic E-state index is 0.00658. The lowest BCUT2D eigenvalue weighted by atomic mass is 9.33. The van der Waals surface area contributed by atoms with Crippen LogP contribution in [0.3, 0.4) is 0 Å². The number of Topliss-reactive ketones (excluding diaryl/α,β-unsaturated/α-hetero) is 2. The number of hydrogen-bond acceptors (Lipinski definition) is 7. The van der Waals surface area contributed by atoms with Gasteiger partial charge in [0.2, 0.25) is 5.60 Å². The van der Waals surface area contributed by atoms with Gasteiger partial charge in [-0.1, -0.05) is 54.0 Å². The highest BCUT2D eigenvalue weighted by Gasteiger charge is 2.82. The summed E-state index contributed by atoms with van der Waals surface area (Å²) in [6.07, 6.45) is 4.54. The Labute approximate surface area is 231 Å². The van der Waals surface area contributed by atoms with E-state index in [-0.39, 0.29) is 41.6 Å². The second kappa shape index (κ2) is 7.29. The molecule has 5 aliphatic carbocycles. The van der Waals surface area contributed by atoms with Gasteiger partial charge < -0.3 is 9.47 Å². The first-order valence-electron chi connectivity index (χ1n) is 14.5. The van der Waals surface area contributed by atoms with E-state index in [2.05, 4.69) is 26.8 Å². The fraction of sp³-hybridized carbons (Fsp3) is 0.781. The molecule has 6 aliphatic rings. The number of hydrogen-bond donors (Lipinski definition) is 0. The summed E-state index contributed by atoms with van der Waals surface area (Å²) in [4.78, 5) is 54.6. The topological polar surface area (TPSA) is 114 Å². The monoisotopic (exact) mass is 535 g/mol. The van der Waals surface area contributed by atoms with Gasteiger partial charge in [0.25, 0.3) is 0 Å². The average Bonchev–Trinajstić information content (AvgIpc) is 3.62. The lowest BCUT2D eigenvalue weighted by Crippen LogP contribution is -2.68. The maximum atomic E-state index is 14.5. The number of ketones is 3. The number of carbonyl (C=O) groups excluding carboxylic acids is 4. The fourth-order valence-corrected chi connectivity index (χ4v) is 10.8. The Morgan fingerprint density at radius 1 is 1.05 bits per heavy atom. The van der Waals surface area contributed by atoms with Crippen molar-refractivity contribution in [3.8, 4) is 6.07 Å². The van der Waals surface area contributed by atoms with Crippen molar-refractivity contribution >= 4 is 23.3 Å². The number of methoxy groups -OCH3 is 1. The first kappa shape index (κ1) is 26.9. The summed E-state index contributed by atoms with van der Waals surface area (Å²) in [5, 5.41) is 10.1. The van der Waals surface area contributed by atoms with Crippen LogP contribution in [0.25, 0.3) is 0 Å². The van der Waals surface area contributed by atoms with Gasteiger partial charge in [0.15, 0.2) is 11.6 Å². The van der Waals surface area contributed by atoms with Crippen molar-refractivity contribution in [3.63, 3.8) is 0 Å². The van der Waals surface area contributed by atoms with Gasteiger partial charge in [-0.15, -0.1) is 0 Å². The molecule has 0 radical (unpaired) electrons. The quantitative estimate of drug-likeness (QED) is 0.351. The maximum absolute atomic E-state index is 14.5. The molecule has 210 valence electrons. The first-order valence-corrected chi connectivity index (χ1v) is 14.5. The number of epoxide rings is 1. The minimum atomic E-state index is -1.45. The SMILES string of the molecule is COC(=O)[C@@]12CC[C@]3(C)[C@H](C(=O)C=C4[C@@]5(C)[C@H]6O[C@@]6(C#N)C(=O)C(C)(C)[C@@H]5CC[C@]43C)[C@@H]1CC(C)(C)C(=O)C2. The van der Waals surface area contributed by atoms with E-state index in [0.29, 0.717) is 19.3 Å². The highest BCUT2D eigenvalue weighted by Crippen LogP contribution is 2.77. The van der Waals surface area contributed by atoms with Gasteiger partial charge in [0.1, 0.15) is 18.0 Å². The van der Waals surface area contributed by atoms with Crippen molar-refractivity contribution in [2.75, 3.05) is 7.11 Å². The van der Waals surface area contributed by atoms with Crippen LogP contribution in [0.4, 0.5) is 0 Å². The van der Waals surface area contributed by atoms with E-state index in [1.807, 2.05) is 33.8 Å². The molecule has 0 amide bonds. The zero-order chi connectivity index (χ0) is 28.8. The second-order valence-corrected chi connectivity index (χ2v) is 15.4. The average molecular weight is 536 g/mol. The van der Waals surface area contributed by atoms with Crippen LogP contribution in [0, 0.1) is 61.6 Å². The molecule has 5 fully saturated rings. The Kier molecular flexibility index (Phi) is 5.03. The van der Waals surface area contributed by atoms with Crippen molar-refractivity contribution in [2.45, 2.75) is 98.7 Å². The van der Waals surface area contributed by atoms with E-state index < -0.39 is 50.1 Å². The third kappa shape index (κ3) is 2.73. The number of nitrogens with zero attached hydrogens (tertiary/aromatic N) is 1. The van der Waals surface area contributed by atoms with Crippen LogP contribution in [0.2, 0.25) is 0 Å². The number of carbonyl (C=O) groups is 4. The van der Waals surface area contributed by atoms with E-state index in [1.54, 1.807) is 0 Å². The predicted molar refractivity (Wildman–Crippen MR) is 141 cm³/mol. The molecule has 7 heteroatoms. The summed E-state index contributed by atoms with van der Waals surface area (Å²) in [7, 11) is 1.37. The molecule has 0 aromatic heterocycles. The van der Waals surface area contributed by atoms with E-state index in [0.717, 1.165) is 18.4 Å². The van der Waals surface area contributed by atoms with E-state index in [9.17, 15) is 24.4 Å². The van der Waals surface area contributed by atoms with Gasteiger partial charge >= 0.3 is 5.97 Å². The summed E-state index contributed by atoms with van der Waals surface area (Å²) in [6.45, 7) is 14.3. The third-order valence-electron chi connectivity index (χ3n) is 13.2. The predicted octanol–water partition coefficient (Wildman–Crippen LogP) is 4.77. The number of rotatable bonds is 1. The van der Waals surface area contributed by atoms with Gasteiger partial charge in [0, 0.05) is 28.6 Å². The molecule has 0 aromatic carbocycles. The highest BCUT2D eigenvalue weighted by molar-refractivity contribution is 6.01. The van der Waals surface area contributed by atoms with Crippen LogP contribution in [-0.4, -0.2) is 42.1 Å². The second-order valence-electron chi connectivity index (χ2n) is 15.4. The van der Waals surface area contributed by atoms with Crippen LogP contribution in [0.5, 0.6) is 0 Å². The molecule has 39 heavy (non-hydrogen) atoms. The molecule has 7 nitrogen and oxygen atoms in total. The van der Waals surface area contributed by atoms with Crippen LogP contribution < -0.4 is 0 Å². The molecule has 0 unspecified atom stereocenters. The van der Waals surface area contributed by atoms with Gasteiger partial charge in [-0.3, -0.25) is 19.2 Å². The van der Waals surface area contributed by atoms with Crippen LogP contribution in [-0.2, 0) is 28.7 Å². The van der Waals surface area contributed by atoms with Crippen molar-refractivity contribution in [3.05, 3.63) is 11.6 Å². The van der Waals surface area contributed by atoms with E-state index >= 15 is 0 Å². The number of fused-ring (bicyclic) bond motifs is 9. The van der Waals surface area contributed by atoms with E-state index in [4.69, 9.17) is 9.47 Å². The van der Waals surface area contributed by atoms with E-state index in [1.165, 1.54) is 7.11 Å². The zero-order valence-corrected chi connectivity index (χ0v) is 24.5. The Balaban J connectivity index is 1.53. The summed E-state index contributed by atoms with van der Waals surface area (Å²) < 4.78 is 11.4. The summed E-state index contributed by atoms with van der Waals surface area (Å²) >= 11 is 0. The highest BCUT2D eigenvalue weighted by atomic mass is 16.6. The molecule has 0 spiro atoms. The Morgan fingerprint density at radius 2 is 1.72 bits per heavy atom. The lowest BCUT2D eigenvalue weighted by Gasteiger charge is -2.68. The number of esters is 1. The Morgan fingerprint density at radius 3 is 2.33 bits per heavy atom. The van der Waals surface area contributed by atoms with Gasteiger partial charge in [-0.05, 0) is 60.8 Å². The molecule has 1 saturated heterocycles. The Hall–Kier alpha value is -2.33. The number of allylic oxidation sites excluding steroid dienone is 1. The van der Waals surface area contributed by atoms with Crippen molar-refractivity contribution in [2.24, 2.45) is 50.2 Å². The van der Waals surface area contributed by atoms with Crippen molar-refractivity contribution < 1.29 is 28.7 Å². The lowest BCUT2D eigenvalue weighted by molar-refractivity contribution is -0.193. The third-order valence-corrected chi connectivity index (χ3v) is 13.2. The molecule has 4 saturated carbocycles. The van der Waals surface area contributed by atoms with Gasteiger partial charge in [-0.25, -0.2) is 0 Å². The Bertz CT molecular complexity index is 1320. The number of nitriles is 1. The van der Waals surface area contributed by atoms with Crippen LogP contribution in [0.15, 0.2) is 11.6 Å². The maximum Gasteiger partial charge on any atom is 0.312 e. The molecule has 1 heterocycles. The fourth-order valence-electron chi connectivity index (χ4n) is 10.8. The molecule has 0 N–H and O–H groups in total. The molecular formula is C32H41NO6. The zero-order valence-electron chi connectivity index (χ0n) is 24.5. The molecule has 0 bridgehead atoms. The van der Waals surface area contributed by atoms with Crippen molar-refractivity contribution in [1.82, 2.24) is 0 Å². The van der Waals surface area contributed by atoms with Gasteiger partial charge in [-0.2, -0.15) is 5.26 Å². The van der Waals surface area contributed by atoms with Crippen molar-refractivity contribution in [1.29, 1.82) is 5.26 Å². The van der Waals surface area contributed by atoms with Crippen LogP contribution >= 0.6 is 0 Å². The molecule has 6 rings (SSSR count). The smallest absolute Gasteiger partial charge is 0.312 e. The largest absolute Gasteiger partial charge is 0.469 e. The van der Waals surface area contributed by atoms with Gasteiger partial charge in [0.05, 0.1) is 12.5 Å². The normalized spacial score (nSPS) is 50.6. The summed E-state index contributed by atoms with van der Waals surface area (Å²) in [5.74, 6) is -1.25.